The predicted molar refractivity (Wildman–Crippen MR) is 80.0 cm³/mol. The van der Waals surface area contributed by atoms with E-state index in [2.05, 4.69) is 5.32 Å². The Morgan fingerprint density at radius 3 is 2.30 bits per heavy atom. The van der Waals surface area contributed by atoms with E-state index in [1.54, 1.807) is 6.92 Å². The number of aliphatic hydroxyl groups excluding tert-OH is 1. The molecule has 0 aliphatic rings. The summed E-state index contributed by atoms with van der Waals surface area (Å²) in [6, 6.07) is 4.15. The summed E-state index contributed by atoms with van der Waals surface area (Å²) in [4.78, 5) is 11.7. The molecule has 1 unspecified atom stereocenters. The standard InChI is InChI=1S/C16H22F3NO3/c1-11(21)8-15(2,3)10-20-14(22)9-23-13-6-4-12(5-7-13)16(17,18)19/h4-7,11,21H,8-10H2,1-3H3,(H,20,22). The van der Waals surface area contributed by atoms with E-state index in [-0.39, 0.29) is 23.7 Å². The lowest BCUT2D eigenvalue weighted by molar-refractivity contribution is -0.137. The minimum Gasteiger partial charge on any atom is -0.484 e. The highest BCUT2D eigenvalue weighted by Gasteiger charge is 2.30. The van der Waals surface area contributed by atoms with E-state index in [0.29, 0.717) is 13.0 Å². The van der Waals surface area contributed by atoms with Gasteiger partial charge in [-0.1, -0.05) is 13.8 Å². The fourth-order valence-electron chi connectivity index (χ4n) is 2.15. The minimum atomic E-state index is -4.40. The first kappa shape index (κ1) is 19.3. The van der Waals surface area contributed by atoms with Crippen LogP contribution in [0.1, 0.15) is 32.8 Å². The van der Waals surface area contributed by atoms with Gasteiger partial charge >= 0.3 is 6.18 Å². The molecule has 2 N–H and O–H groups in total. The second kappa shape index (κ2) is 7.68. The molecule has 1 amide bonds. The molecular formula is C16H22F3NO3. The third-order valence-corrected chi connectivity index (χ3v) is 3.16. The Balaban J connectivity index is 2.42. The lowest BCUT2D eigenvalue weighted by Crippen LogP contribution is -2.38. The fraction of sp³-hybridized carbons (Fsp3) is 0.562. The Morgan fingerprint density at radius 1 is 1.26 bits per heavy atom. The van der Waals surface area contributed by atoms with Crippen LogP contribution in [0.2, 0.25) is 0 Å². The monoisotopic (exact) mass is 333 g/mol. The Morgan fingerprint density at radius 2 is 1.83 bits per heavy atom. The second-order valence-electron chi connectivity index (χ2n) is 6.30. The van der Waals surface area contributed by atoms with Gasteiger partial charge < -0.3 is 15.2 Å². The van der Waals surface area contributed by atoms with E-state index >= 15 is 0 Å². The number of hydrogen-bond acceptors (Lipinski definition) is 3. The highest BCUT2D eigenvalue weighted by molar-refractivity contribution is 5.77. The van der Waals surface area contributed by atoms with Crippen molar-refractivity contribution in [2.75, 3.05) is 13.2 Å². The molecule has 130 valence electrons. The molecule has 0 aliphatic carbocycles. The van der Waals surface area contributed by atoms with Gasteiger partial charge in [-0.05, 0) is 43.0 Å². The zero-order chi connectivity index (χ0) is 17.7. The molecule has 0 saturated carbocycles. The number of benzene rings is 1. The van der Waals surface area contributed by atoms with Crippen molar-refractivity contribution < 1.29 is 27.8 Å². The Bertz CT molecular complexity index is 510. The summed E-state index contributed by atoms with van der Waals surface area (Å²) in [7, 11) is 0. The molecule has 1 aromatic carbocycles. The number of carbonyl (C=O) groups is 1. The average molecular weight is 333 g/mol. The number of ether oxygens (including phenoxy) is 1. The van der Waals surface area contributed by atoms with Gasteiger partial charge in [0.05, 0.1) is 11.7 Å². The zero-order valence-corrected chi connectivity index (χ0v) is 13.4. The quantitative estimate of drug-likeness (QED) is 0.806. The first-order chi connectivity index (χ1) is 10.5. The lowest BCUT2D eigenvalue weighted by Gasteiger charge is -2.26. The number of aliphatic hydroxyl groups is 1. The molecule has 1 atom stereocenters. The van der Waals surface area contributed by atoms with Crippen LogP contribution in [0.5, 0.6) is 5.75 Å². The van der Waals surface area contributed by atoms with Crippen molar-refractivity contribution in [1.29, 1.82) is 0 Å². The third-order valence-electron chi connectivity index (χ3n) is 3.16. The zero-order valence-electron chi connectivity index (χ0n) is 13.4. The van der Waals surface area contributed by atoms with Crippen LogP contribution in [0.25, 0.3) is 0 Å². The van der Waals surface area contributed by atoms with Crippen LogP contribution in [0.15, 0.2) is 24.3 Å². The van der Waals surface area contributed by atoms with E-state index in [1.165, 1.54) is 12.1 Å². The molecule has 1 rings (SSSR count). The largest absolute Gasteiger partial charge is 0.484 e. The maximum atomic E-state index is 12.4. The number of carbonyl (C=O) groups excluding carboxylic acids is 1. The van der Waals surface area contributed by atoms with Gasteiger partial charge in [0.2, 0.25) is 0 Å². The Hall–Kier alpha value is -1.76. The van der Waals surface area contributed by atoms with Gasteiger partial charge in [0.1, 0.15) is 5.75 Å². The number of hydrogen-bond donors (Lipinski definition) is 2. The summed E-state index contributed by atoms with van der Waals surface area (Å²) in [5.74, 6) is -0.181. The van der Waals surface area contributed by atoms with E-state index < -0.39 is 17.8 Å². The predicted octanol–water partition coefficient (Wildman–Crippen LogP) is 3.00. The highest BCUT2D eigenvalue weighted by Crippen LogP contribution is 2.30. The summed E-state index contributed by atoms with van der Waals surface area (Å²) in [5, 5.41) is 12.0. The fourth-order valence-corrected chi connectivity index (χ4v) is 2.15. The smallest absolute Gasteiger partial charge is 0.416 e. The molecule has 1 aromatic rings. The summed E-state index contributed by atoms with van der Waals surface area (Å²) < 4.78 is 42.4. The molecule has 0 saturated heterocycles. The summed E-state index contributed by atoms with van der Waals surface area (Å²) in [6.45, 7) is 5.59. The van der Waals surface area contributed by atoms with Gasteiger partial charge in [-0.25, -0.2) is 0 Å². The van der Waals surface area contributed by atoms with Gasteiger partial charge in [-0.3, -0.25) is 4.79 Å². The van der Waals surface area contributed by atoms with Crippen LogP contribution in [-0.2, 0) is 11.0 Å². The number of rotatable bonds is 7. The number of halogens is 3. The molecule has 0 spiro atoms. The van der Waals surface area contributed by atoms with Gasteiger partial charge in [-0.2, -0.15) is 13.2 Å². The summed E-state index contributed by atoms with van der Waals surface area (Å²) in [6.07, 6.45) is -4.33. The third kappa shape index (κ3) is 7.36. The topological polar surface area (TPSA) is 58.6 Å². The average Bonchev–Trinajstić information content (AvgIpc) is 2.41. The molecule has 0 heterocycles. The number of alkyl halides is 3. The maximum absolute atomic E-state index is 12.4. The molecule has 4 nitrogen and oxygen atoms in total. The van der Waals surface area contributed by atoms with Crippen LogP contribution in [0.3, 0.4) is 0 Å². The lowest BCUT2D eigenvalue weighted by atomic mass is 9.87. The molecule has 0 radical (unpaired) electrons. The molecular weight excluding hydrogens is 311 g/mol. The minimum absolute atomic E-state index is 0.191. The van der Waals surface area contributed by atoms with E-state index in [4.69, 9.17) is 4.74 Å². The second-order valence-corrected chi connectivity index (χ2v) is 6.30. The Labute approximate surface area is 133 Å². The van der Waals surface area contributed by atoms with E-state index in [9.17, 15) is 23.1 Å². The van der Waals surface area contributed by atoms with Crippen molar-refractivity contribution in [3.63, 3.8) is 0 Å². The van der Waals surface area contributed by atoms with Crippen LogP contribution in [-0.4, -0.2) is 30.3 Å². The highest BCUT2D eigenvalue weighted by atomic mass is 19.4. The van der Waals surface area contributed by atoms with Crippen LogP contribution in [0.4, 0.5) is 13.2 Å². The van der Waals surface area contributed by atoms with Gasteiger partial charge in [0, 0.05) is 6.54 Å². The van der Waals surface area contributed by atoms with Crippen LogP contribution < -0.4 is 10.1 Å². The molecule has 23 heavy (non-hydrogen) atoms. The van der Waals surface area contributed by atoms with Crippen molar-refractivity contribution in [3.8, 4) is 5.75 Å². The van der Waals surface area contributed by atoms with Crippen molar-refractivity contribution in [2.24, 2.45) is 5.41 Å². The molecule has 0 fully saturated rings. The number of nitrogens with one attached hydrogen (secondary N) is 1. The first-order valence-electron chi connectivity index (χ1n) is 7.24. The first-order valence-corrected chi connectivity index (χ1v) is 7.24. The maximum Gasteiger partial charge on any atom is 0.416 e. The SMILES string of the molecule is CC(O)CC(C)(C)CNC(=O)COc1ccc(C(F)(F)F)cc1. The van der Waals surface area contributed by atoms with E-state index in [0.717, 1.165) is 12.1 Å². The van der Waals surface area contributed by atoms with Crippen molar-refractivity contribution in [1.82, 2.24) is 5.32 Å². The van der Waals surface area contributed by atoms with Gasteiger partial charge in [0.15, 0.2) is 6.61 Å². The summed E-state index contributed by atoms with van der Waals surface area (Å²) >= 11 is 0. The summed E-state index contributed by atoms with van der Waals surface area (Å²) in [5.41, 5.74) is -1.03. The van der Waals surface area contributed by atoms with Crippen LogP contribution in [0, 0.1) is 5.41 Å². The molecule has 0 aromatic heterocycles. The molecule has 0 aliphatic heterocycles. The molecule has 0 bridgehead atoms. The van der Waals surface area contributed by atoms with Crippen molar-refractivity contribution >= 4 is 5.91 Å². The molecule has 7 heteroatoms. The normalized spacial score (nSPS) is 13.5. The van der Waals surface area contributed by atoms with E-state index in [1.807, 2.05) is 13.8 Å². The number of amides is 1. The van der Waals surface area contributed by atoms with Crippen LogP contribution >= 0.6 is 0 Å². The van der Waals surface area contributed by atoms with Crippen molar-refractivity contribution in [2.45, 2.75) is 39.5 Å². The van der Waals surface area contributed by atoms with Gasteiger partial charge in [-0.15, -0.1) is 0 Å². The van der Waals surface area contributed by atoms with Gasteiger partial charge in [0.25, 0.3) is 5.91 Å². The van der Waals surface area contributed by atoms with Crippen molar-refractivity contribution in [3.05, 3.63) is 29.8 Å². The Kier molecular flexibility index (Phi) is 6.44.